The molecule has 4 aromatic rings. The number of fused-ring (bicyclic) bond motifs is 1. The summed E-state index contributed by atoms with van der Waals surface area (Å²) in [6, 6.07) is 33.0. The minimum absolute atomic E-state index is 0.0995. The van der Waals surface area contributed by atoms with E-state index < -0.39 is 16.1 Å². The smallest absolute Gasteiger partial charge is 0.263 e. The molecule has 9 heteroatoms. The highest BCUT2D eigenvalue weighted by atomic mass is 32.2. The fourth-order valence-electron chi connectivity index (χ4n) is 4.79. The van der Waals surface area contributed by atoms with Crippen molar-refractivity contribution in [3.63, 3.8) is 0 Å². The molecule has 0 saturated heterocycles. The van der Waals surface area contributed by atoms with Crippen LogP contribution in [0.5, 0.6) is 5.75 Å². The summed E-state index contributed by atoms with van der Waals surface area (Å²) in [7, 11) is -3.64. The lowest BCUT2D eigenvalue weighted by Crippen LogP contribution is -2.50. The summed E-state index contributed by atoms with van der Waals surface area (Å²) >= 11 is 0. The second-order valence-corrected chi connectivity index (χ2v) is 11.8. The molecule has 0 bridgehead atoms. The topological polar surface area (TPSA) is 105 Å². The average Bonchev–Trinajstić information content (AvgIpc) is 3.03. The second kappa shape index (κ2) is 13.5. The van der Waals surface area contributed by atoms with Crippen LogP contribution in [-0.4, -0.2) is 39.4 Å². The van der Waals surface area contributed by atoms with E-state index in [2.05, 4.69) is 10.0 Å². The van der Waals surface area contributed by atoms with Gasteiger partial charge in [-0.05, 0) is 53.8 Å². The number of ether oxygens (including phenoxy) is 1. The summed E-state index contributed by atoms with van der Waals surface area (Å²) in [5.41, 5.74) is 3.49. The number of nitrogens with one attached hydrogen (secondary N) is 2. The standard InChI is InChI=1S/C33H33N3O5S/c37-32(20-17-26-15-18-28(19-16-26)42(39,40)35-22-21-25-9-3-1-4-10-25)36-24-31(41-30-14-8-7-13-29(30)36)33(38)34-23-27-11-5-2-6-12-27/h1-16,18-19,31,35H,17,20-24H2,(H,34,38)/t31-/m0/s1. The number of rotatable bonds is 11. The quantitative estimate of drug-likeness (QED) is 0.275. The van der Waals surface area contributed by atoms with Crippen LogP contribution in [0.15, 0.2) is 114 Å². The lowest BCUT2D eigenvalue weighted by molar-refractivity contribution is -0.128. The van der Waals surface area contributed by atoms with Crippen LogP contribution in [0, 0.1) is 0 Å². The van der Waals surface area contributed by atoms with Crippen LogP contribution in [-0.2, 0) is 39.0 Å². The largest absolute Gasteiger partial charge is 0.477 e. The molecule has 0 unspecified atom stereocenters. The molecule has 216 valence electrons. The molecule has 0 radical (unpaired) electrons. The summed E-state index contributed by atoms with van der Waals surface area (Å²) < 4.78 is 34.0. The Morgan fingerprint density at radius 3 is 2.10 bits per heavy atom. The van der Waals surface area contributed by atoms with Crippen molar-refractivity contribution in [1.82, 2.24) is 10.0 Å². The summed E-state index contributed by atoms with van der Waals surface area (Å²) in [4.78, 5) is 28.1. The number of hydrogen-bond donors (Lipinski definition) is 2. The van der Waals surface area contributed by atoms with Crippen molar-refractivity contribution >= 4 is 27.5 Å². The average molecular weight is 584 g/mol. The zero-order valence-corrected chi connectivity index (χ0v) is 23.9. The third-order valence-electron chi connectivity index (χ3n) is 7.09. The van der Waals surface area contributed by atoms with Crippen LogP contribution in [0.1, 0.15) is 23.1 Å². The SMILES string of the molecule is O=C(NCc1ccccc1)[C@@H]1CN(C(=O)CCc2ccc(S(=O)(=O)NCCc3ccccc3)cc2)c2ccccc2O1. The summed E-state index contributed by atoms with van der Waals surface area (Å²) in [5, 5.41) is 2.90. The van der Waals surface area contributed by atoms with E-state index >= 15 is 0 Å². The molecular formula is C33H33N3O5S. The molecule has 42 heavy (non-hydrogen) atoms. The van der Waals surface area contributed by atoms with Gasteiger partial charge >= 0.3 is 0 Å². The molecular weight excluding hydrogens is 550 g/mol. The summed E-state index contributed by atoms with van der Waals surface area (Å²) in [5.74, 6) is 0.0394. The highest BCUT2D eigenvalue weighted by Gasteiger charge is 2.33. The molecule has 0 spiro atoms. The Hall–Kier alpha value is -4.47. The predicted octanol–water partition coefficient (Wildman–Crippen LogP) is 4.25. The van der Waals surface area contributed by atoms with Gasteiger partial charge in [-0.2, -0.15) is 0 Å². The van der Waals surface area contributed by atoms with Gasteiger partial charge in [0.15, 0.2) is 6.10 Å². The molecule has 4 aromatic carbocycles. The highest BCUT2D eigenvalue weighted by molar-refractivity contribution is 7.89. The van der Waals surface area contributed by atoms with Gasteiger partial charge in [0.25, 0.3) is 5.91 Å². The van der Waals surface area contributed by atoms with E-state index in [0.29, 0.717) is 37.4 Å². The van der Waals surface area contributed by atoms with E-state index in [-0.39, 0.29) is 29.7 Å². The molecule has 0 aliphatic carbocycles. The predicted molar refractivity (Wildman–Crippen MR) is 162 cm³/mol. The molecule has 1 atom stereocenters. The number of aryl methyl sites for hydroxylation is 1. The number of anilines is 1. The first-order valence-electron chi connectivity index (χ1n) is 13.9. The van der Waals surface area contributed by atoms with Crippen LogP contribution in [0.2, 0.25) is 0 Å². The van der Waals surface area contributed by atoms with Gasteiger partial charge in [-0.25, -0.2) is 13.1 Å². The van der Waals surface area contributed by atoms with Crippen LogP contribution in [0.3, 0.4) is 0 Å². The number of amides is 2. The van der Waals surface area contributed by atoms with E-state index in [1.165, 1.54) is 0 Å². The Balaban J connectivity index is 1.17. The van der Waals surface area contributed by atoms with Gasteiger partial charge in [0.2, 0.25) is 15.9 Å². The number of hydrogen-bond acceptors (Lipinski definition) is 5. The Morgan fingerprint density at radius 2 is 1.38 bits per heavy atom. The molecule has 2 N–H and O–H groups in total. The van der Waals surface area contributed by atoms with E-state index in [0.717, 1.165) is 16.7 Å². The van der Waals surface area contributed by atoms with Gasteiger partial charge in [-0.15, -0.1) is 0 Å². The fraction of sp³-hybridized carbons (Fsp3) is 0.212. The van der Waals surface area contributed by atoms with Crippen molar-refractivity contribution < 1.29 is 22.7 Å². The first-order chi connectivity index (χ1) is 20.4. The summed E-state index contributed by atoms with van der Waals surface area (Å²) in [6.07, 6.45) is 0.367. The number of carbonyl (C=O) groups excluding carboxylic acids is 2. The van der Waals surface area contributed by atoms with Gasteiger partial charge in [-0.3, -0.25) is 9.59 Å². The lowest BCUT2D eigenvalue weighted by Gasteiger charge is -2.34. The molecule has 8 nitrogen and oxygen atoms in total. The minimum Gasteiger partial charge on any atom is -0.477 e. The maximum absolute atomic E-state index is 13.4. The van der Waals surface area contributed by atoms with Gasteiger partial charge in [-0.1, -0.05) is 84.9 Å². The van der Waals surface area contributed by atoms with Crippen molar-refractivity contribution in [3.05, 3.63) is 126 Å². The zero-order chi connectivity index (χ0) is 29.4. The van der Waals surface area contributed by atoms with Gasteiger partial charge in [0, 0.05) is 19.5 Å². The molecule has 0 fully saturated rings. The molecule has 2 amide bonds. The maximum Gasteiger partial charge on any atom is 0.263 e. The Kier molecular flexibility index (Phi) is 9.31. The number of para-hydroxylation sites is 2. The van der Waals surface area contributed by atoms with Gasteiger partial charge < -0.3 is 15.0 Å². The Labute approximate surface area is 246 Å². The second-order valence-electron chi connectivity index (χ2n) is 10.1. The first kappa shape index (κ1) is 29.0. The highest BCUT2D eigenvalue weighted by Crippen LogP contribution is 2.33. The Bertz CT molecular complexity index is 1610. The number of sulfonamides is 1. The van der Waals surface area contributed by atoms with Crippen LogP contribution in [0.25, 0.3) is 0 Å². The minimum atomic E-state index is -3.64. The molecule has 1 aliphatic heterocycles. The molecule has 0 aromatic heterocycles. The lowest BCUT2D eigenvalue weighted by atomic mass is 10.1. The molecule has 5 rings (SSSR count). The number of benzene rings is 4. The maximum atomic E-state index is 13.4. The monoisotopic (exact) mass is 583 g/mol. The normalized spacial score (nSPS) is 14.5. The summed E-state index contributed by atoms with van der Waals surface area (Å²) in [6.45, 7) is 0.764. The first-order valence-corrected chi connectivity index (χ1v) is 15.4. The fourth-order valence-corrected chi connectivity index (χ4v) is 5.82. The van der Waals surface area contributed by atoms with E-state index in [4.69, 9.17) is 4.74 Å². The third kappa shape index (κ3) is 7.43. The zero-order valence-electron chi connectivity index (χ0n) is 23.1. The van der Waals surface area contributed by atoms with Crippen LogP contribution >= 0.6 is 0 Å². The van der Waals surface area contributed by atoms with Crippen LogP contribution in [0.4, 0.5) is 5.69 Å². The third-order valence-corrected chi connectivity index (χ3v) is 8.56. The van der Waals surface area contributed by atoms with Crippen molar-refractivity contribution in [3.8, 4) is 5.75 Å². The molecule has 0 saturated carbocycles. The molecule has 1 aliphatic rings. The number of nitrogens with zero attached hydrogens (tertiary/aromatic N) is 1. The van der Waals surface area contributed by atoms with E-state index in [1.54, 1.807) is 47.4 Å². The number of carbonyl (C=O) groups is 2. The van der Waals surface area contributed by atoms with Crippen molar-refractivity contribution in [2.24, 2.45) is 0 Å². The van der Waals surface area contributed by atoms with E-state index in [1.807, 2.05) is 66.7 Å². The van der Waals surface area contributed by atoms with Gasteiger partial charge in [0.05, 0.1) is 17.1 Å². The van der Waals surface area contributed by atoms with Crippen LogP contribution < -0.4 is 19.7 Å². The van der Waals surface area contributed by atoms with Crippen molar-refractivity contribution in [2.45, 2.75) is 36.8 Å². The molecule has 1 heterocycles. The van der Waals surface area contributed by atoms with Crippen molar-refractivity contribution in [2.75, 3.05) is 18.0 Å². The van der Waals surface area contributed by atoms with Crippen molar-refractivity contribution in [1.29, 1.82) is 0 Å². The Morgan fingerprint density at radius 1 is 0.762 bits per heavy atom. The van der Waals surface area contributed by atoms with Gasteiger partial charge in [0.1, 0.15) is 5.75 Å². The van der Waals surface area contributed by atoms with E-state index in [9.17, 15) is 18.0 Å².